The average molecular weight is 339 g/mol. The highest BCUT2D eigenvalue weighted by atomic mass is 79.9. The summed E-state index contributed by atoms with van der Waals surface area (Å²) in [5, 5.41) is 13.9. The van der Waals surface area contributed by atoms with Crippen LogP contribution in [0, 0.1) is 6.92 Å². The molecule has 0 radical (unpaired) electrons. The highest BCUT2D eigenvalue weighted by molar-refractivity contribution is 9.10. The van der Waals surface area contributed by atoms with E-state index in [2.05, 4.69) is 39.6 Å². The number of nitrogens with zero attached hydrogens (tertiary/aromatic N) is 1. The Kier molecular flexibility index (Phi) is 5.24. The zero-order valence-electron chi connectivity index (χ0n) is 12.2. The summed E-state index contributed by atoms with van der Waals surface area (Å²) in [4.78, 5) is 2.43. The first-order chi connectivity index (χ1) is 9.50. The summed E-state index contributed by atoms with van der Waals surface area (Å²) in [7, 11) is 0. The second-order valence-electron chi connectivity index (χ2n) is 5.59. The van der Waals surface area contributed by atoms with Crippen LogP contribution in [0.15, 0.2) is 28.8 Å². The molecule has 4 heteroatoms. The highest BCUT2D eigenvalue weighted by Crippen LogP contribution is 2.40. The van der Waals surface area contributed by atoms with Crippen LogP contribution in [0.25, 0.3) is 0 Å². The Hall–Kier alpha value is -0.840. The van der Waals surface area contributed by atoms with Gasteiger partial charge in [-0.15, -0.1) is 6.58 Å². The molecule has 3 nitrogen and oxygen atoms in total. The molecule has 1 fully saturated rings. The molecule has 2 N–H and O–H groups in total. The molecule has 2 rings (SSSR count). The molecule has 20 heavy (non-hydrogen) atoms. The molecule has 0 unspecified atom stereocenters. The third-order valence-corrected chi connectivity index (χ3v) is 4.52. The van der Waals surface area contributed by atoms with Crippen LogP contribution in [0.2, 0.25) is 0 Å². The van der Waals surface area contributed by atoms with Gasteiger partial charge in [0.2, 0.25) is 0 Å². The molecular formula is C16H23BrN2O. The van der Waals surface area contributed by atoms with Gasteiger partial charge in [0.15, 0.2) is 0 Å². The van der Waals surface area contributed by atoms with Gasteiger partial charge in [-0.2, -0.15) is 0 Å². The van der Waals surface area contributed by atoms with Gasteiger partial charge in [0.05, 0.1) is 0 Å². The molecule has 1 saturated heterocycles. The highest BCUT2D eigenvalue weighted by Gasteiger charge is 2.26. The van der Waals surface area contributed by atoms with Gasteiger partial charge in [-0.05, 0) is 31.9 Å². The summed E-state index contributed by atoms with van der Waals surface area (Å²) in [6, 6.07) is 4.15. The Morgan fingerprint density at radius 3 is 2.70 bits per heavy atom. The molecule has 0 spiro atoms. The minimum atomic E-state index is 0.184. The summed E-state index contributed by atoms with van der Waals surface area (Å²) in [6.45, 7) is 12.0. The Morgan fingerprint density at radius 2 is 2.10 bits per heavy atom. The molecule has 0 aromatic heterocycles. The van der Waals surface area contributed by atoms with Crippen molar-refractivity contribution in [2.24, 2.45) is 0 Å². The van der Waals surface area contributed by atoms with Gasteiger partial charge < -0.3 is 10.4 Å². The number of hydrogen-bond acceptors (Lipinski definition) is 3. The minimum absolute atomic E-state index is 0.184. The molecule has 1 aliphatic heterocycles. The van der Waals surface area contributed by atoms with Crippen LogP contribution in [0.4, 0.5) is 0 Å². The first-order valence-electron chi connectivity index (χ1n) is 7.08. The van der Waals surface area contributed by atoms with Gasteiger partial charge in [-0.25, -0.2) is 0 Å². The summed E-state index contributed by atoms with van der Waals surface area (Å²) >= 11 is 3.61. The Bertz CT molecular complexity index is 495. The number of benzene rings is 1. The van der Waals surface area contributed by atoms with Gasteiger partial charge in [-0.1, -0.05) is 27.6 Å². The molecule has 110 valence electrons. The second-order valence-corrected chi connectivity index (χ2v) is 6.44. The fourth-order valence-electron chi connectivity index (χ4n) is 2.75. The van der Waals surface area contributed by atoms with Crippen molar-refractivity contribution >= 4 is 15.9 Å². The molecule has 0 saturated carbocycles. The van der Waals surface area contributed by atoms with Crippen molar-refractivity contribution in [2.75, 3.05) is 26.2 Å². The number of halogens is 1. The standard InChI is InChI=1S/C16H23BrN2O/c1-11(2)10-14(19-8-6-18-7-9-19)15-13(17)5-4-12(3)16(15)20/h4-5,14,18,20H,1,6-10H2,2-3H3/t14-/m1/s1. The predicted molar refractivity (Wildman–Crippen MR) is 87.2 cm³/mol. The Morgan fingerprint density at radius 1 is 1.45 bits per heavy atom. The average Bonchev–Trinajstić information content (AvgIpc) is 2.43. The number of hydrogen-bond donors (Lipinski definition) is 2. The Labute approximate surface area is 129 Å². The molecule has 0 amide bonds. The first-order valence-corrected chi connectivity index (χ1v) is 7.87. The van der Waals surface area contributed by atoms with E-state index in [4.69, 9.17) is 0 Å². The van der Waals surface area contributed by atoms with E-state index in [0.29, 0.717) is 5.75 Å². The third-order valence-electron chi connectivity index (χ3n) is 3.83. The van der Waals surface area contributed by atoms with Crippen molar-refractivity contribution in [3.63, 3.8) is 0 Å². The number of phenols is 1. The van der Waals surface area contributed by atoms with E-state index < -0.39 is 0 Å². The van der Waals surface area contributed by atoms with E-state index >= 15 is 0 Å². The van der Waals surface area contributed by atoms with Crippen LogP contribution in [0.3, 0.4) is 0 Å². The predicted octanol–water partition coefficient (Wildman–Crippen LogP) is 3.38. The Balaban J connectivity index is 2.40. The van der Waals surface area contributed by atoms with Crippen LogP contribution in [0.5, 0.6) is 5.75 Å². The van der Waals surface area contributed by atoms with Crippen molar-refractivity contribution in [3.8, 4) is 5.75 Å². The fraction of sp³-hybridized carbons (Fsp3) is 0.500. The van der Waals surface area contributed by atoms with Gasteiger partial charge in [0.1, 0.15) is 5.75 Å². The van der Waals surface area contributed by atoms with Crippen molar-refractivity contribution in [1.29, 1.82) is 0 Å². The lowest BCUT2D eigenvalue weighted by molar-refractivity contribution is 0.169. The maximum absolute atomic E-state index is 10.5. The molecule has 1 aromatic rings. The van der Waals surface area contributed by atoms with Gasteiger partial charge in [0, 0.05) is 42.3 Å². The lowest BCUT2D eigenvalue weighted by atomic mass is 9.95. The molecule has 0 bridgehead atoms. The number of nitrogens with one attached hydrogen (secondary N) is 1. The number of aryl methyl sites for hydroxylation is 1. The molecular weight excluding hydrogens is 316 g/mol. The molecule has 1 aliphatic rings. The number of aromatic hydroxyl groups is 1. The van der Waals surface area contributed by atoms with E-state index in [9.17, 15) is 5.11 Å². The summed E-state index contributed by atoms with van der Waals surface area (Å²) in [5.41, 5.74) is 3.06. The van der Waals surface area contributed by atoms with Crippen LogP contribution < -0.4 is 5.32 Å². The summed E-state index contributed by atoms with van der Waals surface area (Å²) < 4.78 is 0.977. The molecule has 1 heterocycles. The largest absolute Gasteiger partial charge is 0.507 e. The lowest BCUT2D eigenvalue weighted by Crippen LogP contribution is -2.45. The summed E-state index contributed by atoms with van der Waals surface area (Å²) in [5.74, 6) is 0.407. The monoisotopic (exact) mass is 338 g/mol. The normalized spacial score (nSPS) is 17.9. The molecule has 1 atom stereocenters. The first kappa shape index (κ1) is 15.5. The number of phenolic OH excluding ortho intramolecular Hbond substituents is 1. The second kappa shape index (κ2) is 6.74. The molecule has 1 aromatic carbocycles. The zero-order valence-corrected chi connectivity index (χ0v) is 13.8. The topological polar surface area (TPSA) is 35.5 Å². The third kappa shape index (κ3) is 3.43. The van der Waals surface area contributed by atoms with E-state index in [-0.39, 0.29) is 6.04 Å². The minimum Gasteiger partial charge on any atom is -0.507 e. The van der Waals surface area contributed by atoms with Crippen molar-refractivity contribution < 1.29 is 5.11 Å². The van der Waals surface area contributed by atoms with E-state index in [1.54, 1.807) is 0 Å². The van der Waals surface area contributed by atoms with Crippen LogP contribution >= 0.6 is 15.9 Å². The lowest BCUT2D eigenvalue weighted by Gasteiger charge is -2.36. The number of piperazine rings is 1. The smallest absolute Gasteiger partial charge is 0.124 e. The fourth-order valence-corrected chi connectivity index (χ4v) is 3.33. The SMILES string of the molecule is C=C(C)C[C@H](c1c(Br)ccc(C)c1O)N1CCNCC1. The maximum atomic E-state index is 10.5. The van der Waals surface area contributed by atoms with E-state index in [1.807, 2.05) is 19.1 Å². The van der Waals surface area contributed by atoms with Crippen LogP contribution in [-0.4, -0.2) is 36.2 Å². The van der Waals surface area contributed by atoms with E-state index in [0.717, 1.165) is 53.8 Å². The van der Waals surface area contributed by atoms with Gasteiger partial charge >= 0.3 is 0 Å². The quantitative estimate of drug-likeness (QED) is 0.826. The van der Waals surface area contributed by atoms with Crippen LogP contribution in [0.1, 0.15) is 30.5 Å². The van der Waals surface area contributed by atoms with Crippen molar-refractivity contribution in [1.82, 2.24) is 10.2 Å². The van der Waals surface area contributed by atoms with Crippen molar-refractivity contribution in [2.45, 2.75) is 26.3 Å². The van der Waals surface area contributed by atoms with Gasteiger partial charge in [-0.3, -0.25) is 4.90 Å². The van der Waals surface area contributed by atoms with E-state index in [1.165, 1.54) is 0 Å². The number of rotatable bonds is 4. The molecule has 0 aliphatic carbocycles. The maximum Gasteiger partial charge on any atom is 0.124 e. The zero-order chi connectivity index (χ0) is 14.7. The van der Waals surface area contributed by atoms with Gasteiger partial charge in [0.25, 0.3) is 0 Å². The summed E-state index contributed by atoms with van der Waals surface area (Å²) in [6.07, 6.45) is 0.871. The van der Waals surface area contributed by atoms with Crippen molar-refractivity contribution in [3.05, 3.63) is 39.9 Å². The van der Waals surface area contributed by atoms with Crippen LogP contribution in [-0.2, 0) is 0 Å².